The van der Waals surface area contributed by atoms with Gasteiger partial charge >= 0.3 is 11.8 Å². The van der Waals surface area contributed by atoms with Gasteiger partial charge in [-0.05, 0) is 0 Å². The molecule has 0 aromatic carbocycles. The summed E-state index contributed by atoms with van der Waals surface area (Å²) in [7, 11) is 0. The average molecular weight is 210 g/mol. The summed E-state index contributed by atoms with van der Waals surface area (Å²) in [6.45, 7) is -0.739. The lowest BCUT2D eigenvalue weighted by atomic mass is 10.1. The van der Waals surface area contributed by atoms with E-state index in [1.165, 1.54) is 0 Å². The van der Waals surface area contributed by atoms with Crippen molar-refractivity contribution < 1.29 is 40.3 Å². The first-order valence-electron chi connectivity index (χ1n) is 3.16. The molecule has 1 fully saturated rings. The molecule has 1 aliphatic heterocycles. The highest BCUT2D eigenvalue weighted by molar-refractivity contribution is 6.65. The van der Waals surface area contributed by atoms with Crippen LogP contribution in [0.3, 0.4) is 0 Å². The van der Waals surface area contributed by atoms with Gasteiger partial charge in [-0.2, -0.15) is 0 Å². The minimum Gasteiger partial charge on any atom is -0.445 e. The molecule has 1 heterocycles. The Hall–Kier alpha value is -1.35. The number of carbonyl (C=O) groups is 3. The largest absolute Gasteiger partial charge is 0.445 e. The van der Waals surface area contributed by atoms with Crippen LogP contribution in [0.25, 0.3) is 0 Å². The summed E-state index contributed by atoms with van der Waals surface area (Å²) >= 11 is 0. The number of ketones is 2. The Balaban J connectivity index is 0. The molecule has 8 heteroatoms. The number of rotatable bonds is 2. The molecule has 0 amide bonds. The van der Waals surface area contributed by atoms with Crippen LogP contribution in [-0.4, -0.2) is 57.5 Å². The van der Waals surface area contributed by atoms with Crippen molar-refractivity contribution >= 4 is 17.5 Å². The number of hydrogen-bond acceptors (Lipinski definition) is 6. The fourth-order valence-corrected chi connectivity index (χ4v) is 0.801. The third-order valence-corrected chi connectivity index (χ3v) is 1.44. The number of cyclic esters (lactones) is 1. The molecule has 14 heavy (non-hydrogen) atoms. The predicted molar refractivity (Wildman–Crippen MR) is 40.2 cm³/mol. The van der Waals surface area contributed by atoms with Crippen LogP contribution < -0.4 is 0 Å². The Morgan fingerprint density at radius 3 is 2.07 bits per heavy atom. The van der Waals surface area contributed by atoms with Gasteiger partial charge in [-0.15, -0.1) is 0 Å². The molecular formula is C6H10O8. The number of aliphatic hydroxyl groups is 2. The van der Waals surface area contributed by atoms with Crippen molar-refractivity contribution in [2.75, 3.05) is 6.61 Å². The van der Waals surface area contributed by atoms with E-state index in [9.17, 15) is 14.4 Å². The lowest BCUT2D eigenvalue weighted by Crippen LogP contribution is -2.35. The Kier molecular flexibility index (Phi) is 5.83. The zero-order valence-electron chi connectivity index (χ0n) is 6.89. The summed E-state index contributed by atoms with van der Waals surface area (Å²) in [6, 6.07) is 0. The highest BCUT2D eigenvalue weighted by Gasteiger charge is 2.45. The summed E-state index contributed by atoms with van der Waals surface area (Å²) in [4.78, 5) is 31.7. The highest BCUT2D eigenvalue weighted by Crippen LogP contribution is 2.10. The minimum atomic E-state index is -1.53. The molecule has 1 aliphatic rings. The summed E-state index contributed by atoms with van der Waals surface area (Å²) in [5.41, 5.74) is 0. The van der Waals surface area contributed by atoms with Crippen LogP contribution >= 0.6 is 0 Å². The van der Waals surface area contributed by atoms with Gasteiger partial charge in [-0.25, -0.2) is 4.79 Å². The third-order valence-electron chi connectivity index (χ3n) is 1.44. The molecule has 0 aromatic rings. The maximum Gasteiger partial charge on any atom is 0.383 e. The smallest absolute Gasteiger partial charge is 0.383 e. The second-order valence-electron chi connectivity index (χ2n) is 2.27. The van der Waals surface area contributed by atoms with Gasteiger partial charge in [-0.1, -0.05) is 0 Å². The number of aliphatic hydroxyl groups excluding tert-OH is 2. The quantitative estimate of drug-likeness (QED) is 0.346. The molecule has 0 aromatic heterocycles. The molecule has 0 spiro atoms. The van der Waals surface area contributed by atoms with Gasteiger partial charge in [0.2, 0.25) is 0 Å². The van der Waals surface area contributed by atoms with Gasteiger partial charge in [0.1, 0.15) is 6.10 Å². The van der Waals surface area contributed by atoms with Crippen molar-refractivity contribution in [3.05, 3.63) is 0 Å². The summed E-state index contributed by atoms with van der Waals surface area (Å²) in [5.74, 6) is -3.67. The molecular weight excluding hydrogens is 200 g/mol. The molecule has 8 nitrogen and oxygen atoms in total. The van der Waals surface area contributed by atoms with Crippen LogP contribution in [0.15, 0.2) is 0 Å². The van der Waals surface area contributed by atoms with Crippen molar-refractivity contribution in [3.8, 4) is 0 Å². The van der Waals surface area contributed by atoms with Crippen LogP contribution in [0, 0.1) is 0 Å². The standard InChI is InChI=1S/C6H6O6.2H2O/c7-1-2(8)5-3(9)4(10)6(11)12-5;;/h2,5,7-8H,1H2;2*1H2/t2-,5+;;/m0../s1. The van der Waals surface area contributed by atoms with Gasteiger partial charge in [0, 0.05) is 0 Å². The van der Waals surface area contributed by atoms with E-state index in [2.05, 4.69) is 4.74 Å². The lowest BCUT2D eigenvalue weighted by molar-refractivity contribution is -0.152. The Morgan fingerprint density at radius 2 is 1.79 bits per heavy atom. The molecule has 0 radical (unpaired) electrons. The Bertz CT molecular complexity index is 246. The van der Waals surface area contributed by atoms with Crippen LogP contribution in [0.5, 0.6) is 0 Å². The first-order valence-corrected chi connectivity index (χ1v) is 3.16. The maximum atomic E-state index is 10.7. The first kappa shape index (κ1) is 15.1. The van der Waals surface area contributed by atoms with E-state index >= 15 is 0 Å². The second-order valence-corrected chi connectivity index (χ2v) is 2.27. The third kappa shape index (κ3) is 2.33. The normalized spacial score (nSPS) is 22.1. The fourth-order valence-electron chi connectivity index (χ4n) is 0.801. The minimum absolute atomic E-state index is 0. The molecule has 0 saturated carbocycles. The van der Waals surface area contributed by atoms with E-state index in [0.717, 1.165) is 0 Å². The predicted octanol–water partition coefficient (Wildman–Crippen LogP) is -4.25. The molecule has 2 atom stereocenters. The van der Waals surface area contributed by atoms with E-state index in [4.69, 9.17) is 10.2 Å². The number of esters is 1. The zero-order chi connectivity index (χ0) is 9.30. The second kappa shape index (κ2) is 5.40. The van der Waals surface area contributed by atoms with Crippen molar-refractivity contribution in [3.63, 3.8) is 0 Å². The van der Waals surface area contributed by atoms with Gasteiger partial charge in [0.25, 0.3) is 5.78 Å². The number of carbonyl (C=O) groups excluding carboxylic acids is 3. The van der Waals surface area contributed by atoms with E-state index in [-0.39, 0.29) is 11.0 Å². The Morgan fingerprint density at radius 1 is 1.29 bits per heavy atom. The van der Waals surface area contributed by atoms with Gasteiger partial charge in [0.15, 0.2) is 6.10 Å². The monoisotopic (exact) mass is 210 g/mol. The van der Waals surface area contributed by atoms with E-state index < -0.39 is 36.4 Å². The SMILES string of the molecule is O.O.O=C1O[C@H]([C@@H](O)CO)C(=O)C1=O. The number of hydrogen-bond donors (Lipinski definition) is 2. The van der Waals surface area contributed by atoms with Gasteiger partial charge < -0.3 is 25.9 Å². The average Bonchev–Trinajstić information content (AvgIpc) is 2.32. The Labute approximate surface area is 77.7 Å². The molecule has 0 unspecified atom stereocenters. The molecule has 6 N–H and O–H groups in total. The van der Waals surface area contributed by atoms with Gasteiger partial charge in [-0.3, -0.25) is 9.59 Å². The van der Waals surface area contributed by atoms with Crippen molar-refractivity contribution in [2.45, 2.75) is 12.2 Å². The van der Waals surface area contributed by atoms with Crippen molar-refractivity contribution in [1.82, 2.24) is 0 Å². The van der Waals surface area contributed by atoms with Crippen LogP contribution in [0.2, 0.25) is 0 Å². The molecule has 1 saturated heterocycles. The van der Waals surface area contributed by atoms with Crippen molar-refractivity contribution in [2.24, 2.45) is 0 Å². The molecule has 0 bridgehead atoms. The van der Waals surface area contributed by atoms with E-state index in [1.54, 1.807) is 0 Å². The summed E-state index contributed by atoms with van der Waals surface area (Å²) < 4.78 is 4.19. The van der Waals surface area contributed by atoms with E-state index in [0.29, 0.717) is 0 Å². The first-order chi connectivity index (χ1) is 5.57. The summed E-state index contributed by atoms with van der Waals surface area (Å²) in [5, 5.41) is 17.2. The van der Waals surface area contributed by atoms with Crippen LogP contribution in [0.1, 0.15) is 0 Å². The summed E-state index contributed by atoms with van der Waals surface area (Å²) in [6.07, 6.45) is -3.05. The van der Waals surface area contributed by atoms with E-state index in [1.807, 2.05) is 0 Å². The zero-order valence-corrected chi connectivity index (χ0v) is 6.89. The van der Waals surface area contributed by atoms with Crippen molar-refractivity contribution in [1.29, 1.82) is 0 Å². The topological polar surface area (TPSA) is 164 Å². The number of ether oxygens (including phenoxy) is 1. The number of Topliss-reactive ketones (excluding diaryl/α,β-unsaturated/α-hetero) is 2. The molecule has 1 rings (SSSR count). The van der Waals surface area contributed by atoms with Gasteiger partial charge in [0.05, 0.1) is 6.61 Å². The molecule has 82 valence electrons. The maximum absolute atomic E-state index is 10.7. The van der Waals surface area contributed by atoms with Crippen LogP contribution in [-0.2, 0) is 19.1 Å². The lowest BCUT2D eigenvalue weighted by Gasteiger charge is -2.10. The van der Waals surface area contributed by atoms with Crippen LogP contribution in [0.4, 0.5) is 0 Å². The molecule has 0 aliphatic carbocycles. The highest BCUT2D eigenvalue weighted by atomic mass is 16.6. The fraction of sp³-hybridized carbons (Fsp3) is 0.500.